The first kappa shape index (κ1) is 8.97. The van der Waals surface area contributed by atoms with Crippen molar-refractivity contribution in [3.05, 3.63) is 34.9 Å². The fourth-order valence-corrected chi connectivity index (χ4v) is 1.71. The van der Waals surface area contributed by atoms with E-state index in [-0.39, 0.29) is 5.92 Å². The van der Waals surface area contributed by atoms with Crippen molar-refractivity contribution >= 4 is 11.6 Å². The van der Waals surface area contributed by atoms with Gasteiger partial charge in [0.15, 0.2) is 0 Å². The SMILES string of the molecule is FC(c1ccccc1Cl)C1CNC1. The van der Waals surface area contributed by atoms with Crippen molar-refractivity contribution in [1.29, 1.82) is 0 Å². The molecule has 1 atom stereocenters. The summed E-state index contributed by atoms with van der Waals surface area (Å²) in [5, 5.41) is 3.58. The van der Waals surface area contributed by atoms with Gasteiger partial charge in [0, 0.05) is 29.6 Å². The van der Waals surface area contributed by atoms with Gasteiger partial charge in [-0.05, 0) is 6.07 Å². The Hall–Kier alpha value is -0.600. The van der Waals surface area contributed by atoms with E-state index in [2.05, 4.69) is 5.32 Å². The van der Waals surface area contributed by atoms with Crippen LogP contribution in [0.1, 0.15) is 11.7 Å². The van der Waals surface area contributed by atoms with E-state index in [1.54, 1.807) is 12.1 Å². The monoisotopic (exact) mass is 199 g/mol. The Morgan fingerprint density at radius 1 is 1.38 bits per heavy atom. The normalized spacial score (nSPS) is 19.5. The average Bonchev–Trinajstić information content (AvgIpc) is 2.01. The maximum Gasteiger partial charge on any atom is 0.132 e. The maximum absolute atomic E-state index is 13.7. The molecule has 1 unspecified atom stereocenters. The van der Waals surface area contributed by atoms with Gasteiger partial charge < -0.3 is 5.32 Å². The minimum atomic E-state index is -0.921. The predicted molar refractivity (Wildman–Crippen MR) is 51.7 cm³/mol. The number of hydrogen-bond donors (Lipinski definition) is 1. The van der Waals surface area contributed by atoms with E-state index in [1.807, 2.05) is 12.1 Å². The zero-order valence-corrected chi connectivity index (χ0v) is 7.89. The summed E-state index contributed by atoms with van der Waals surface area (Å²) >= 11 is 5.88. The standard InChI is InChI=1S/C10H11ClFN/c11-9-4-2-1-3-8(9)10(12)7-5-13-6-7/h1-4,7,10,13H,5-6H2. The second-order valence-electron chi connectivity index (χ2n) is 3.34. The fraction of sp³-hybridized carbons (Fsp3) is 0.400. The van der Waals surface area contributed by atoms with Crippen LogP contribution in [0.2, 0.25) is 5.02 Å². The molecule has 0 radical (unpaired) electrons. The summed E-state index contributed by atoms with van der Waals surface area (Å²) < 4.78 is 13.7. The first-order chi connectivity index (χ1) is 6.29. The molecule has 3 heteroatoms. The van der Waals surface area contributed by atoms with Crippen LogP contribution in [-0.2, 0) is 0 Å². The second kappa shape index (κ2) is 3.64. The third-order valence-corrected chi connectivity index (χ3v) is 2.77. The first-order valence-electron chi connectivity index (χ1n) is 4.38. The van der Waals surface area contributed by atoms with Crippen molar-refractivity contribution in [3.63, 3.8) is 0 Å². The molecule has 1 aromatic rings. The first-order valence-corrected chi connectivity index (χ1v) is 4.76. The zero-order chi connectivity index (χ0) is 9.26. The van der Waals surface area contributed by atoms with Gasteiger partial charge in [-0.15, -0.1) is 0 Å². The van der Waals surface area contributed by atoms with Crippen molar-refractivity contribution in [1.82, 2.24) is 5.32 Å². The van der Waals surface area contributed by atoms with Gasteiger partial charge in [-0.25, -0.2) is 4.39 Å². The second-order valence-corrected chi connectivity index (χ2v) is 3.75. The van der Waals surface area contributed by atoms with Gasteiger partial charge in [0.05, 0.1) is 0 Å². The molecular formula is C10H11ClFN. The van der Waals surface area contributed by atoms with Gasteiger partial charge in [-0.2, -0.15) is 0 Å². The summed E-state index contributed by atoms with van der Waals surface area (Å²) in [6.45, 7) is 1.51. The van der Waals surface area contributed by atoms with Crippen LogP contribution >= 0.6 is 11.6 Å². The predicted octanol–water partition coefficient (Wildman–Crippen LogP) is 2.57. The highest BCUT2D eigenvalue weighted by Crippen LogP contribution is 2.33. The number of benzene rings is 1. The van der Waals surface area contributed by atoms with Crippen LogP contribution in [0.4, 0.5) is 4.39 Å². The van der Waals surface area contributed by atoms with E-state index >= 15 is 0 Å². The number of nitrogens with one attached hydrogen (secondary N) is 1. The molecule has 1 N–H and O–H groups in total. The molecule has 1 heterocycles. The van der Waals surface area contributed by atoms with Crippen LogP contribution in [0.25, 0.3) is 0 Å². The van der Waals surface area contributed by atoms with Crippen molar-refractivity contribution in [2.45, 2.75) is 6.17 Å². The smallest absolute Gasteiger partial charge is 0.132 e. The lowest BCUT2D eigenvalue weighted by Crippen LogP contribution is -2.44. The zero-order valence-electron chi connectivity index (χ0n) is 7.13. The van der Waals surface area contributed by atoms with Crippen molar-refractivity contribution < 1.29 is 4.39 Å². The Kier molecular flexibility index (Phi) is 2.51. The van der Waals surface area contributed by atoms with Crippen molar-refractivity contribution in [3.8, 4) is 0 Å². The molecule has 1 aliphatic rings. The average molecular weight is 200 g/mol. The molecule has 0 aromatic heterocycles. The van der Waals surface area contributed by atoms with Crippen LogP contribution in [-0.4, -0.2) is 13.1 Å². The topological polar surface area (TPSA) is 12.0 Å². The summed E-state index contributed by atoms with van der Waals surface area (Å²) in [5.74, 6) is 0.0971. The van der Waals surface area contributed by atoms with Crippen molar-refractivity contribution in [2.24, 2.45) is 5.92 Å². The summed E-state index contributed by atoms with van der Waals surface area (Å²) in [6, 6.07) is 7.12. The largest absolute Gasteiger partial charge is 0.316 e. The van der Waals surface area contributed by atoms with Crippen LogP contribution in [0.3, 0.4) is 0 Å². The molecule has 1 aliphatic heterocycles. The van der Waals surface area contributed by atoms with E-state index in [0.29, 0.717) is 10.6 Å². The number of rotatable bonds is 2. The number of halogens is 2. The molecule has 0 aliphatic carbocycles. The molecule has 0 amide bonds. The Morgan fingerprint density at radius 2 is 2.08 bits per heavy atom. The van der Waals surface area contributed by atoms with E-state index in [1.165, 1.54) is 0 Å². The van der Waals surface area contributed by atoms with E-state index in [4.69, 9.17) is 11.6 Å². The Labute approximate surface area is 81.9 Å². The Morgan fingerprint density at radius 3 is 2.62 bits per heavy atom. The highest BCUT2D eigenvalue weighted by Gasteiger charge is 2.29. The quantitative estimate of drug-likeness (QED) is 0.772. The molecule has 1 nitrogen and oxygen atoms in total. The fourth-order valence-electron chi connectivity index (χ4n) is 1.47. The molecule has 2 rings (SSSR count). The molecule has 1 aromatic carbocycles. The summed E-state index contributed by atoms with van der Waals surface area (Å²) in [7, 11) is 0. The van der Waals surface area contributed by atoms with Gasteiger partial charge in [0.2, 0.25) is 0 Å². The number of alkyl halides is 1. The van der Waals surface area contributed by atoms with E-state index in [9.17, 15) is 4.39 Å². The third-order valence-electron chi connectivity index (χ3n) is 2.43. The minimum Gasteiger partial charge on any atom is -0.316 e. The lowest BCUT2D eigenvalue weighted by atomic mass is 9.92. The lowest BCUT2D eigenvalue weighted by Gasteiger charge is -2.30. The lowest BCUT2D eigenvalue weighted by molar-refractivity contribution is 0.171. The van der Waals surface area contributed by atoms with Crippen LogP contribution in [0.5, 0.6) is 0 Å². The molecular weight excluding hydrogens is 189 g/mol. The molecule has 1 saturated heterocycles. The van der Waals surface area contributed by atoms with Gasteiger partial charge in [-0.3, -0.25) is 0 Å². The summed E-state index contributed by atoms with van der Waals surface area (Å²) in [6.07, 6.45) is -0.921. The van der Waals surface area contributed by atoms with Crippen LogP contribution < -0.4 is 5.32 Å². The maximum atomic E-state index is 13.7. The highest BCUT2D eigenvalue weighted by molar-refractivity contribution is 6.31. The van der Waals surface area contributed by atoms with Crippen molar-refractivity contribution in [2.75, 3.05) is 13.1 Å². The third kappa shape index (κ3) is 1.69. The highest BCUT2D eigenvalue weighted by atomic mass is 35.5. The van der Waals surface area contributed by atoms with Crippen LogP contribution in [0, 0.1) is 5.92 Å². The molecule has 13 heavy (non-hydrogen) atoms. The Bertz CT molecular complexity index is 299. The molecule has 0 spiro atoms. The van der Waals surface area contributed by atoms with Gasteiger partial charge in [0.1, 0.15) is 6.17 Å². The molecule has 1 fully saturated rings. The van der Waals surface area contributed by atoms with Crippen LogP contribution in [0.15, 0.2) is 24.3 Å². The molecule has 0 saturated carbocycles. The van der Waals surface area contributed by atoms with Gasteiger partial charge >= 0.3 is 0 Å². The number of hydrogen-bond acceptors (Lipinski definition) is 1. The summed E-state index contributed by atoms with van der Waals surface area (Å²) in [5.41, 5.74) is 0.621. The summed E-state index contributed by atoms with van der Waals surface area (Å²) in [4.78, 5) is 0. The Balaban J connectivity index is 2.18. The minimum absolute atomic E-state index is 0.0971. The van der Waals surface area contributed by atoms with Gasteiger partial charge in [-0.1, -0.05) is 29.8 Å². The van der Waals surface area contributed by atoms with E-state index in [0.717, 1.165) is 13.1 Å². The van der Waals surface area contributed by atoms with Gasteiger partial charge in [0.25, 0.3) is 0 Å². The van der Waals surface area contributed by atoms with E-state index < -0.39 is 6.17 Å². The molecule has 70 valence electrons. The molecule has 0 bridgehead atoms.